The Labute approximate surface area is 150 Å². The first kappa shape index (κ1) is 16.1. The number of carbonyl (C=O) groups excluding carboxylic acids is 2. The third kappa shape index (κ3) is 2.70. The zero-order valence-electron chi connectivity index (χ0n) is 13.9. The van der Waals surface area contributed by atoms with Crippen molar-refractivity contribution in [3.8, 4) is 5.69 Å². The number of ether oxygens (including phenoxy) is 1. The molecule has 130 valence electrons. The Morgan fingerprint density at radius 1 is 1.32 bits per heavy atom. The van der Waals surface area contributed by atoms with Crippen LogP contribution in [-0.4, -0.2) is 39.5 Å². The van der Waals surface area contributed by atoms with Crippen LogP contribution in [0.5, 0.6) is 0 Å². The molecular formula is C18H18ClN3O3. The number of rotatable bonds is 2. The number of esters is 1. The fraction of sp³-hybridized carbons (Fsp3) is 0.389. The fourth-order valence-electron chi connectivity index (χ4n) is 3.53. The number of hydrogen-bond donors (Lipinski definition) is 0. The number of hydrogen-bond acceptors (Lipinski definition) is 4. The van der Waals surface area contributed by atoms with Gasteiger partial charge in [-0.2, -0.15) is 0 Å². The lowest BCUT2D eigenvalue weighted by atomic mass is 10.1. The molecule has 2 aromatic rings. The predicted octanol–water partition coefficient (Wildman–Crippen LogP) is 3.21. The Morgan fingerprint density at radius 2 is 2.08 bits per heavy atom. The molecule has 0 unspecified atom stereocenters. The lowest BCUT2D eigenvalue weighted by molar-refractivity contribution is 0.0308. The summed E-state index contributed by atoms with van der Waals surface area (Å²) in [5.74, 6) is -0.605. The third-order valence-corrected chi connectivity index (χ3v) is 5.15. The van der Waals surface area contributed by atoms with Crippen LogP contribution < -0.4 is 0 Å². The van der Waals surface area contributed by atoms with Crippen molar-refractivity contribution in [1.29, 1.82) is 0 Å². The Morgan fingerprint density at radius 3 is 2.84 bits per heavy atom. The van der Waals surface area contributed by atoms with E-state index in [2.05, 4.69) is 4.98 Å². The van der Waals surface area contributed by atoms with Crippen LogP contribution in [0.2, 0.25) is 5.02 Å². The molecule has 1 aliphatic heterocycles. The summed E-state index contributed by atoms with van der Waals surface area (Å²) < 4.78 is 7.35. The van der Waals surface area contributed by atoms with Crippen LogP contribution in [0.4, 0.5) is 0 Å². The molecule has 1 amide bonds. The summed E-state index contributed by atoms with van der Waals surface area (Å²) in [5, 5.41) is 0.381. The fourth-order valence-corrected chi connectivity index (χ4v) is 3.78. The topological polar surface area (TPSA) is 64.4 Å². The van der Waals surface area contributed by atoms with Crippen molar-refractivity contribution < 1.29 is 14.3 Å². The summed E-state index contributed by atoms with van der Waals surface area (Å²) in [6.07, 6.45) is 5.50. The van der Waals surface area contributed by atoms with Gasteiger partial charge in [0.25, 0.3) is 5.91 Å². The molecule has 4 rings (SSSR count). The van der Waals surface area contributed by atoms with E-state index in [0.29, 0.717) is 22.0 Å². The molecule has 1 aromatic heterocycles. The molecule has 2 heterocycles. The Kier molecular flexibility index (Phi) is 4.00. The monoisotopic (exact) mass is 359 g/mol. The summed E-state index contributed by atoms with van der Waals surface area (Å²) >= 11 is 6.25. The van der Waals surface area contributed by atoms with E-state index in [1.54, 1.807) is 36.1 Å². The molecule has 1 aliphatic carbocycles. The zero-order valence-corrected chi connectivity index (χ0v) is 14.6. The minimum Gasteiger partial charge on any atom is -0.458 e. The van der Waals surface area contributed by atoms with E-state index in [1.165, 1.54) is 4.90 Å². The Balaban J connectivity index is 1.77. The second kappa shape index (κ2) is 6.19. The van der Waals surface area contributed by atoms with Gasteiger partial charge in [-0.05, 0) is 37.8 Å². The number of benzene rings is 1. The van der Waals surface area contributed by atoms with Crippen molar-refractivity contribution in [1.82, 2.24) is 14.5 Å². The normalized spacial score (nSPS) is 17.2. The molecule has 0 bridgehead atoms. The quantitative estimate of drug-likeness (QED) is 0.772. The van der Waals surface area contributed by atoms with Gasteiger partial charge >= 0.3 is 5.97 Å². The minimum atomic E-state index is -0.424. The highest BCUT2D eigenvalue weighted by Crippen LogP contribution is 2.31. The molecule has 0 radical (unpaired) electrons. The van der Waals surface area contributed by atoms with Crippen molar-refractivity contribution >= 4 is 23.5 Å². The van der Waals surface area contributed by atoms with Crippen LogP contribution in [-0.2, 0) is 11.3 Å². The van der Waals surface area contributed by atoms with Crippen LogP contribution in [0.25, 0.3) is 5.69 Å². The van der Waals surface area contributed by atoms with Gasteiger partial charge in [0.2, 0.25) is 0 Å². The van der Waals surface area contributed by atoms with Crippen molar-refractivity contribution in [3.63, 3.8) is 0 Å². The van der Waals surface area contributed by atoms with Crippen molar-refractivity contribution in [2.24, 2.45) is 0 Å². The van der Waals surface area contributed by atoms with Gasteiger partial charge in [0.15, 0.2) is 5.69 Å². The van der Waals surface area contributed by atoms with Crippen LogP contribution >= 0.6 is 11.6 Å². The van der Waals surface area contributed by atoms with E-state index in [-0.39, 0.29) is 24.2 Å². The third-order valence-electron chi connectivity index (χ3n) is 4.83. The molecule has 0 atom stereocenters. The van der Waals surface area contributed by atoms with E-state index in [9.17, 15) is 9.59 Å². The van der Waals surface area contributed by atoms with Crippen LogP contribution in [0.1, 0.15) is 52.2 Å². The SMILES string of the molecule is CN1Cc2c(C(=O)OC3CCCC3)ncn2-c2cccc(Cl)c2C1=O. The standard InChI is InChI=1S/C18H18ClN3O3/c1-21-9-14-16(18(24)25-11-5-2-3-6-11)20-10-22(14)13-8-4-7-12(19)15(13)17(21)23/h4,7-8,10-11H,2-3,5-6,9H2,1H3. The number of amides is 1. The Bertz CT molecular complexity index is 855. The number of carbonyl (C=O) groups is 2. The molecular weight excluding hydrogens is 342 g/mol. The van der Waals surface area contributed by atoms with Gasteiger partial charge in [-0.3, -0.25) is 9.36 Å². The highest BCUT2D eigenvalue weighted by atomic mass is 35.5. The summed E-state index contributed by atoms with van der Waals surface area (Å²) in [7, 11) is 1.68. The van der Waals surface area contributed by atoms with Gasteiger partial charge in [-0.25, -0.2) is 9.78 Å². The number of fused-ring (bicyclic) bond motifs is 3. The molecule has 0 saturated heterocycles. The highest BCUT2D eigenvalue weighted by molar-refractivity contribution is 6.34. The first-order chi connectivity index (χ1) is 12.1. The van der Waals surface area contributed by atoms with Crippen LogP contribution in [0.3, 0.4) is 0 Å². The molecule has 1 saturated carbocycles. The summed E-state index contributed by atoms with van der Waals surface area (Å²) in [6.45, 7) is 0.263. The Hall–Kier alpha value is -2.34. The van der Waals surface area contributed by atoms with E-state index in [1.807, 2.05) is 0 Å². The van der Waals surface area contributed by atoms with Crippen LogP contribution in [0, 0.1) is 0 Å². The van der Waals surface area contributed by atoms with Crippen molar-refractivity contribution in [3.05, 3.63) is 46.5 Å². The largest absolute Gasteiger partial charge is 0.458 e. The van der Waals surface area contributed by atoms with E-state index in [0.717, 1.165) is 25.7 Å². The van der Waals surface area contributed by atoms with Gasteiger partial charge in [0.1, 0.15) is 12.4 Å². The van der Waals surface area contributed by atoms with Gasteiger partial charge in [-0.15, -0.1) is 0 Å². The van der Waals surface area contributed by atoms with Crippen molar-refractivity contribution in [2.75, 3.05) is 7.05 Å². The summed E-state index contributed by atoms with van der Waals surface area (Å²) in [4.78, 5) is 31.1. The second-order valence-corrected chi connectivity index (χ2v) is 6.92. The maximum atomic E-state index is 12.7. The maximum absolute atomic E-state index is 12.7. The maximum Gasteiger partial charge on any atom is 0.359 e. The molecule has 2 aliphatic rings. The average Bonchev–Trinajstić information content (AvgIpc) is 3.21. The minimum absolute atomic E-state index is 0.0308. The first-order valence-electron chi connectivity index (χ1n) is 8.38. The molecule has 25 heavy (non-hydrogen) atoms. The van der Waals surface area contributed by atoms with Gasteiger partial charge in [0.05, 0.1) is 28.5 Å². The second-order valence-electron chi connectivity index (χ2n) is 6.52. The summed E-state index contributed by atoms with van der Waals surface area (Å²) in [6, 6.07) is 5.26. The molecule has 0 spiro atoms. The van der Waals surface area contributed by atoms with Crippen LogP contribution in [0.15, 0.2) is 24.5 Å². The lowest BCUT2D eigenvalue weighted by Crippen LogP contribution is -2.26. The van der Waals surface area contributed by atoms with Gasteiger partial charge < -0.3 is 9.64 Å². The molecule has 1 aromatic carbocycles. The number of imidazole rings is 1. The first-order valence-corrected chi connectivity index (χ1v) is 8.75. The smallest absolute Gasteiger partial charge is 0.359 e. The molecule has 6 nitrogen and oxygen atoms in total. The summed E-state index contributed by atoms with van der Waals surface area (Å²) in [5.41, 5.74) is 1.95. The highest BCUT2D eigenvalue weighted by Gasteiger charge is 2.31. The van der Waals surface area contributed by atoms with Crippen molar-refractivity contribution in [2.45, 2.75) is 38.3 Å². The van der Waals surface area contributed by atoms with Gasteiger partial charge in [0, 0.05) is 7.05 Å². The zero-order chi connectivity index (χ0) is 17.6. The average molecular weight is 360 g/mol. The number of nitrogens with zero attached hydrogens (tertiary/aromatic N) is 3. The number of halogens is 1. The predicted molar refractivity (Wildman–Crippen MR) is 92.0 cm³/mol. The van der Waals surface area contributed by atoms with E-state index in [4.69, 9.17) is 16.3 Å². The van der Waals surface area contributed by atoms with E-state index < -0.39 is 5.97 Å². The van der Waals surface area contributed by atoms with E-state index >= 15 is 0 Å². The molecule has 1 fully saturated rings. The number of aromatic nitrogens is 2. The molecule has 7 heteroatoms. The molecule has 0 N–H and O–H groups in total. The lowest BCUT2D eigenvalue weighted by Gasteiger charge is -2.15. The van der Waals surface area contributed by atoms with Gasteiger partial charge in [-0.1, -0.05) is 17.7 Å².